The molecule has 2 fully saturated rings. The topological polar surface area (TPSA) is 28.2 Å². The lowest BCUT2D eigenvalue weighted by atomic mass is 10.1. The lowest BCUT2D eigenvalue weighted by Gasteiger charge is -2.24. The molecule has 1 aliphatic carbocycles. The first kappa shape index (κ1) is 12.1. The summed E-state index contributed by atoms with van der Waals surface area (Å²) in [5.74, 6) is 0.941. The average molecular weight is 245 g/mol. The van der Waals surface area contributed by atoms with E-state index in [9.17, 15) is 0 Å². The molecule has 3 nitrogen and oxygen atoms in total. The van der Waals surface area contributed by atoms with Gasteiger partial charge in [0.1, 0.15) is 0 Å². The number of hydrogen-bond donors (Lipinski definition) is 1. The van der Waals surface area contributed by atoms with Gasteiger partial charge in [-0.05, 0) is 57.3 Å². The van der Waals surface area contributed by atoms with E-state index < -0.39 is 0 Å². The van der Waals surface area contributed by atoms with Crippen LogP contribution in [0.15, 0.2) is 18.2 Å². The van der Waals surface area contributed by atoms with Crippen LogP contribution in [-0.4, -0.2) is 35.6 Å². The lowest BCUT2D eigenvalue weighted by molar-refractivity contribution is 0.248. The molecule has 1 saturated carbocycles. The Morgan fingerprint density at radius 2 is 2.28 bits per heavy atom. The Labute approximate surface area is 110 Å². The van der Waals surface area contributed by atoms with Crippen LogP contribution in [0.2, 0.25) is 0 Å². The van der Waals surface area contributed by atoms with Gasteiger partial charge in [-0.15, -0.1) is 0 Å². The number of aromatic nitrogens is 1. The van der Waals surface area contributed by atoms with Crippen LogP contribution < -0.4 is 5.32 Å². The molecule has 3 rings (SSSR count). The smallest absolute Gasteiger partial charge is 0.0547 e. The molecule has 1 atom stereocenters. The van der Waals surface area contributed by atoms with E-state index in [0.29, 0.717) is 0 Å². The van der Waals surface area contributed by atoms with E-state index >= 15 is 0 Å². The van der Waals surface area contributed by atoms with Gasteiger partial charge in [0, 0.05) is 24.8 Å². The van der Waals surface area contributed by atoms with Gasteiger partial charge in [-0.2, -0.15) is 0 Å². The highest BCUT2D eigenvalue weighted by molar-refractivity contribution is 5.10. The number of hydrogen-bond acceptors (Lipinski definition) is 3. The predicted octanol–water partition coefficient (Wildman–Crippen LogP) is 1.96. The van der Waals surface area contributed by atoms with E-state index in [4.69, 9.17) is 0 Å². The zero-order valence-electron chi connectivity index (χ0n) is 11.2. The van der Waals surface area contributed by atoms with Crippen molar-refractivity contribution < 1.29 is 0 Å². The summed E-state index contributed by atoms with van der Waals surface area (Å²) >= 11 is 0. The molecular formula is C15H23N3. The van der Waals surface area contributed by atoms with Crippen LogP contribution >= 0.6 is 0 Å². The third-order valence-electron chi connectivity index (χ3n) is 4.04. The molecule has 0 amide bonds. The summed E-state index contributed by atoms with van der Waals surface area (Å²) in [5.41, 5.74) is 2.34. The molecule has 18 heavy (non-hydrogen) atoms. The Balaban J connectivity index is 1.63. The standard InChI is InChI=1S/C15H23N3/c1-12-4-2-5-14(17-12)10-18-9-3-8-16-15(11-18)13-6-7-13/h2,4-5,13,15-16H,3,6-11H2,1H3. The maximum Gasteiger partial charge on any atom is 0.0547 e. The van der Waals surface area contributed by atoms with Crippen molar-refractivity contribution >= 4 is 0 Å². The molecular weight excluding hydrogens is 222 g/mol. The van der Waals surface area contributed by atoms with Gasteiger partial charge in [-0.25, -0.2) is 0 Å². The van der Waals surface area contributed by atoms with Gasteiger partial charge < -0.3 is 5.32 Å². The minimum absolute atomic E-state index is 0.720. The molecule has 1 aliphatic heterocycles. The molecule has 98 valence electrons. The van der Waals surface area contributed by atoms with Gasteiger partial charge in [-0.3, -0.25) is 9.88 Å². The van der Waals surface area contributed by atoms with E-state index in [0.717, 1.165) is 24.2 Å². The fraction of sp³-hybridized carbons (Fsp3) is 0.667. The molecule has 2 heterocycles. The molecule has 1 unspecified atom stereocenters. The van der Waals surface area contributed by atoms with Crippen LogP contribution in [0.25, 0.3) is 0 Å². The number of nitrogens with zero attached hydrogens (tertiary/aromatic N) is 2. The largest absolute Gasteiger partial charge is 0.312 e. The summed E-state index contributed by atoms with van der Waals surface area (Å²) in [7, 11) is 0. The van der Waals surface area contributed by atoms with Crippen LogP contribution in [0.5, 0.6) is 0 Å². The van der Waals surface area contributed by atoms with Gasteiger partial charge in [0.25, 0.3) is 0 Å². The molecule has 0 radical (unpaired) electrons. The molecule has 1 N–H and O–H groups in total. The monoisotopic (exact) mass is 245 g/mol. The summed E-state index contributed by atoms with van der Waals surface area (Å²) in [4.78, 5) is 7.20. The molecule has 0 bridgehead atoms. The predicted molar refractivity (Wildman–Crippen MR) is 73.4 cm³/mol. The van der Waals surface area contributed by atoms with Crippen LogP contribution in [0.3, 0.4) is 0 Å². The van der Waals surface area contributed by atoms with E-state index in [2.05, 4.69) is 40.3 Å². The van der Waals surface area contributed by atoms with Crippen LogP contribution in [0, 0.1) is 12.8 Å². The van der Waals surface area contributed by atoms with Crippen molar-refractivity contribution in [3.05, 3.63) is 29.6 Å². The van der Waals surface area contributed by atoms with Crippen molar-refractivity contribution in [1.29, 1.82) is 0 Å². The van der Waals surface area contributed by atoms with Crippen LogP contribution in [-0.2, 0) is 6.54 Å². The van der Waals surface area contributed by atoms with Crippen molar-refractivity contribution in [2.24, 2.45) is 5.92 Å². The third-order valence-corrected chi connectivity index (χ3v) is 4.04. The summed E-state index contributed by atoms with van der Waals surface area (Å²) in [6.07, 6.45) is 4.11. The average Bonchev–Trinajstić information content (AvgIpc) is 3.15. The minimum atomic E-state index is 0.720. The van der Waals surface area contributed by atoms with Crippen LogP contribution in [0.4, 0.5) is 0 Å². The molecule has 3 heteroatoms. The van der Waals surface area contributed by atoms with Gasteiger partial charge in [0.05, 0.1) is 5.69 Å². The minimum Gasteiger partial charge on any atom is -0.312 e. The summed E-state index contributed by atoms with van der Waals surface area (Å²) in [5, 5.41) is 3.71. The van der Waals surface area contributed by atoms with Crippen molar-refractivity contribution in [2.75, 3.05) is 19.6 Å². The fourth-order valence-electron chi connectivity index (χ4n) is 2.90. The maximum atomic E-state index is 4.62. The second-order valence-corrected chi connectivity index (χ2v) is 5.76. The quantitative estimate of drug-likeness (QED) is 0.882. The molecule has 1 aromatic rings. The maximum absolute atomic E-state index is 4.62. The second-order valence-electron chi connectivity index (χ2n) is 5.76. The van der Waals surface area contributed by atoms with Crippen LogP contribution in [0.1, 0.15) is 30.7 Å². The van der Waals surface area contributed by atoms with Crippen molar-refractivity contribution in [2.45, 2.75) is 38.8 Å². The fourth-order valence-corrected chi connectivity index (χ4v) is 2.90. The first-order chi connectivity index (χ1) is 8.81. The molecule has 2 aliphatic rings. The molecule has 0 aromatic carbocycles. The number of aryl methyl sites for hydroxylation is 1. The highest BCUT2D eigenvalue weighted by Crippen LogP contribution is 2.33. The summed E-state index contributed by atoms with van der Waals surface area (Å²) in [6.45, 7) is 6.65. The number of pyridine rings is 1. The normalized spacial score (nSPS) is 25.9. The third kappa shape index (κ3) is 3.09. The Morgan fingerprint density at radius 3 is 3.06 bits per heavy atom. The second kappa shape index (κ2) is 5.37. The van der Waals surface area contributed by atoms with E-state index in [1.165, 1.54) is 44.6 Å². The zero-order chi connectivity index (χ0) is 12.4. The van der Waals surface area contributed by atoms with E-state index in [1.807, 2.05) is 0 Å². The Morgan fingerprint density at radius 1 is 1.39 bits per heavy atom. The Hall–Kier alpha value is -0.930. The Bertz CT molecular complexity index is 400. The first-order valence-corrected chi connectivity index (χ1v) is 7.19. The Kier molecular flexibility index (Phi) is 3.62. The zero-order valence-corrected chi connectivity index (χ0v) is 11.2. The van der Waals surface area contributed by atoms with Crippen molar-refractivity contribution in [3.63, 3.8) is 0 Å². The first-order valence-electron chi connectivity index (χ1n) is 7.19. The highest BCUT2D eigenvalue weighted by Gasteiger charge is 2.32. The van der Waals surface area contributed by atoms with Gasteiger partial charge in [0.15, 0.2) is 0 Å². The number of nitrogens with one attached hydrogen (secondary N) is 1. The lowest BCUT2D eigenvalue weighted by Crippen LogP contribution is -2.39. The van der Waals surface area contributed by atoms with E-state index in [1.54, 1.807) is 0 Å². The van der Waals surface area contributed by atoms with Crippen molar-refractivity contribution in [3.8, 4) is 0 Å². The van der Waals surface area contributed by atoms with Gasteiger partial charge >= 0.3 is 0 Å². The summed E-state index contributed by atoms with van der Waals surface area (Å²) < 4.78 is 0. The van der Waals surface area contributed by atoms with Crippen molar-refractivity contribution in [1.82, 2.24) is 15.2 Å². The number of rotatable bonds is 3. The van der Waals surface area contributed by atoms with Gasteiger partial charge in [0.2, 0.25) is 0 Å². The summed E-state index contributed by atoms with van der Waals surface area (Å²) in [6, 6.07) is 7.06. The highest BCUT2D eigenvalue weighted by atomic mass is 15.2. The molecule has 1 aromatic heterocycles. The molecule has 1 saturated heterocycles. The van der Waals surface area contributed by atoms with Gasteiger partial charge in [-0.1, -0.05) is 6.07 Å². The molecule has 0 spiro atoms. The van der Waals surface area contributed by atoms with E-state index in [-0.39, 0.29) is 0 Å². The SMILES string of the molecule is Cc1cccc(CN2CCCNC(C3CC3)C2)n1.